The molecule has 6 aromatic rings. The van der Waals surface area contributed by atoms with Crippen LogP contribution < -0.4 is 5.32 Å². The highest BCUT2D eigenvalue weighted by molar-refractivity contribution is 5.97. The smallest absolute Gasteiger partial charge is 0.224 e. The SMILES string of the molecule is CCC(=O)Nc1cncc(-c2cnc3n[nH]c(-c4nc5c(-c6cccnc6)ccnc5[nH]4)c3c2F)c1. The molecule has 1 amide bonds. The number of aromatic amines is 2. The van der Waals surface area contributed by atoms with Gasteiger partial charge in [0.1, 0.15) is 17.0 Å². The fraction of sp³-hybridized carbons (Fsp3) is 0.0800. The van der Waals surface area contributed by atoms with Gasteiger partial charge in [0, 0.05) is 59.7 Å². The predicted octanol–water partition coefficient (Wildman–Crippen LogP) is 4.51. The van der Waals surface area contributed by atoms with Crippen molar-refractivity contribution in [3.8, 4) is 33.8 Å². The molecule has 0 atom stereocenters. The van der Waals surface area contributed by atoms with Crippen molar-refractivity contribution < 1.29 is 9.18 Å². The first kappa shape index (κ1) is 21.5. The van der Waals surface area contributed by atoms with Crippen LogP contribution in [0.5, 0.6) is 0 Å². The topological polar surface area (TPSA) is 138 Å². The van der Waals surface area contributed by atoms with Crippen molar-refractivity contribution >= 4 is 33.8 Å². The van der Waals surface area contributed by atoms with Gasteiger partial charge in [0.25, 0.3) is 0 Å². The van der Waals surface area contributed by atoms with Crippen LogP contribution in [0.3, 0.4) is 0 Å². The molecule has 0 aliphatic carbocycles. The number of hydrogen-bond donors (Lipinski definition) is 3. The average Bonchev–Trinajstić information content (AvgIpc) is 3.54. The quantitative estimate of drug-likeness (QED) is 0.331. The number of imidazole rings is 1. The summed E-state index contributed by atoms with van der Waals surface area (Å²) in [6, 6.07) is 7.28. The lowest BCUT2D eigenvalue weighted by atomic mass is 10.1. The van der Waals surface area contributed by atoms with Crippen LogP contribution in [0.1, 0.15) is 13.3 Å². The molecule has 6 heterocycles. The first-order chi connectivity index (χ1) is 17.6. The van der Waals surface area contributed by atoms with E-state index in [0.29, 0.717) is 40.4 Å². The molecule has 3 N–H and O–H groups in total. The van der Waals surface area contributed by atoms with Crippen LogP contribution in [0.25, 0.3) is 56.0 Å². The maximum atomic E-state index is 15.9. The maximum Gasteiger partial charge on any atom is 0.224 e. The molecule has 0 saturated heterocycles. The number of halogens is 1. The zero-order chi connectivity index (χ0) is 24.6. The van der Waals surface area contributed by atoms with Gasteiger partial charge < -0.3 is 10.3 Å². The van der Waals surface area contributed by atoms with E-state index >= 15 is 4.39 Å². The fourth-order valence-corrected chi connectivity index (χ4v) is 4.01. The second kappa shape index (κ2) is 8.62. The Morgan fingerprint density at radius 2 is 1.92 bits per heavy atom. The van der Waals surface area contributed by atoms with Crippen molar-refractivity contribution in [2.45, 2.75) is 13.3 Å². The van der Waals surface area contributed by atoms with E-state index in [9.17, 15) is 4.79 Å². The van der Waals surface area contributed by atoms with Crippen LogP contribution in [0.2, 0.25) is 0 Å². The zero-order valence-electron chi connectivity index (χ0n) is 19.0. The molecule has 0 radical (unpaired) electrons. The Labute approximate surface area is 203 Å². The van der Waals surface area contributed by atoms with Crippen LogP contribution in [-0.4, -0.2) is 46.0 Å². The lowest BCUT2D eigenvalue weighted by Gasteiger charge is -2.07. The number of carbonyl (C=O) groups excluding carboxylic acids is 1. The van der Waals surface area contributed by atoms with Gasteiger partial charge in [-0.1, -0.05) is 13.0 Å². The number of nitrogens with zero attached hydrogens (tertiary/aromatic N) is 6. The molecule has 0 aliphatic heterocycles. The van der Waals surface area contributed by atoms with Crippen molar-refractivity contribution in [2.24, 2.45) is 0 Å². The number of rotatable bonds is 5. The van der Waals surface area contributed by atoms with E-state index in [2.05, 4.69) is 40.4 Å². The largest absolute Gasteiger partial charge is 0.325 e. The van der Waals surface area contributed by atoms with Crippen LogP contribution in [-0.2, 0) is 4.79 Å². The van der Waals surface area contributed by atoms with Gasteiger partial charge in [0.15, 0.2) is 17.1 Å². The third-order valence-electron chi connectivity index (χ3n) is 5.77. The number of anilines is 1. The van der Waals surface area contributed by atoms with E-state index in [0.717, 1.165) is 11.1 Å². The Hall–Kier alpha value is -5.06. The van der Waals surface area contributed by atoms with E-state index in [1.165, 1.54) is 18.6 Å². The van der Waals surface area contributed by atoms with Crippen LogP contribution in [0.15, 0.2) is 61.4 Å². The molecular formula is C25H18FN9O. The summed E-state index contributed by atoms with van der Waals surface area (Å²) < 4.78 is 15.9. The van der Waals surface area contributed by atoms with Gasteiger partial charge in [-0.3, -0.25) is 19.9 Å². The summed E-state index contributed by atoms with van der Waals surface area (Å²) >= 11 is 0. The number of H-pyrrole nitrogens is 2. The molecule has 10 nitrogen and oxygen atoms in total. The fourth-order valence-electron chi connectivity index (χ4n) is 4.01. The van der Waals surface area contributed by atoms with Crippen LogP contribution in [0.4, 0.5) is 10.1 Å². The molecule has 0 bridgehead atoms. The van der Waals surface area contributed by atoms with Crippen molar-refractivity contribution in [3.63, 3.8) is 0 Å². The number of amides is 1. The molecule has 0 unspecified atom stereocenters. The molecule has 11 heteroatoms. The van der Waals surface area contributed by atoms with Gasteiger partial charge in [0.2, 0.25) is 5.91 Å². The van der Waals surface area contributed by atoms with Crippen LogP contribution >= 0.6 is 0 Å². The second-order valence-corrected chi connectivity index (χ2v) is 8.03. The number of fused-ring (bicyclic) bond motifs is 2. The first-order valence-corrected chi connectivity index (χ1v) is 11.2. The van der Waals surface area contributed by atoms with Crippen molar-refractivity contribution in [1.29, 1.82) is 0 Å². The number of hydrogen-bond acceptors (Lipinski definition) is 7. The Bertz CT molecular complexity index is 1740. The lowest BCUT2D eigenvalue weighted by molar-refractivity contribution is -0.115. The normalized spacial score (nSPS) is 11.3. The summed E-state index contributed by atoms with van der Waals surface area (Å²) in [7, 11) is 0. The van der Waals surface area contributed by atoms with E-state index in [-0.39, 0.29) is 22.5 Å². The second-order valence-electron chi connectivity index (χ2n) is 8.03. The molecule has 0 aliphatic rings. The van der Waals surface area contributed by atoms with Gasteiger partial charge in [-0.2, -0.15) is 5.10 Å². The van der Waals surface area contributed by atoms with Gasteiger partial charge in [0.05, 0.1) is 17.3 Å². The highest BCUT2D eigenvalue weighted by Crippen LogP contribution is 2.34. The van der Waals surface area contributed by atoms with Gasteiger partial charge in [-0.25, -0.2) is 19.3 Å². The van der Waals surface area contributed by atoms with Gasteiger partial charge in [-0.15, -0.1) is 0 Å². The summed E-state index contributed by atoms with van der Waals surface area (Å²) in [5.41, 5.74) is 4.59. The summed E-state index contributed by atoms with van der Waals surface area (Å²) in [5.74, 6) is -0.328. The summed E-state index contributed by atoms with van der Waals surface area (Å²) in [6.07, 6.45) is 9.85. The van der Waals surface area contributed by atoms with Crippen LogP contribution in [0, 0.1) is 5.82 Å². The number of pyridine rings is 4. The minimum absolute atomic E-state index is 0.163. The summed E-state index contributed by atoms with van der Waals surface area (Å²) in [6.45, 7) is 1.75. The van der Waals surface area contributed by atoms with Gasteiger partial charge in [-0.05, 0) is 18.2 Å². The molecule has 6 rings (SSSR count). The third kappa shape index (κ3) is 3.63. The highest BCUT2D eigenvalue weighted by atomic mass is 19.1. The first-order valence-electron chi connectivity index (χ1n) is 11.2. The maximum absolute atomic E-state index is 15.9. The third-order valence-corrected chi connectivity index (χ3v) is 5.77. The Balaban J connectivity index is 1.47. The Morgan fingerprint density at radius 3 is 2.75 bits per heavy atom. The number of nitrogens with one attached hydrogen (secondary N) is 3. The van der Waals surface area contributed by atoms with Gasteiger partial charge >= 0.3 is 0 Å². The Kier molecular flexibility index (Phi) is 5.14. The summed E-state index contributed by atoms with van der Waals surface area (Å²) in [4.78, 5) is 36.7. The standard InChI is InChI=1S/C25H18FN9O/c1-2-18(36)31-15-8-14(10-28-11-15)17-12-30-23-19(20(17)26)22(34-35-23)25-32-21-16(5-7-29-24(21)33-25)13-4-3-6-27-9-13/h3-12H,2H2,1H3,(H,31,36)(H,29,32,33)(H,30,34,35). The molecule has 176 valence electrons. The van der Waals surface area contributed by atoms with E-state index in [4.69, 9.17) is 4.98 Å². The molecule has 0 fully saturated rings. The predicted molar refractivity (Wildman–Crippen MR) is 132 cm³/mol. The van der Waals surface area contributed by atoms with E-state index in [1.807, 2.05) is 18.2 Å². The summed E-state index contributed by atoms with van der Waals surface area (Å²) in [5, 5.41) is 9.94. The Morgan fingerprint density at radius 1 is 1.03 bits per heavy atom. The zero-order valence-corrected chi connectivity index (χ0v) is 19.0. The average molecular weight is 479 g/mol. The molecule has 0 saturated carbocycles. The molecule has 0 spiro atoms. The molecule has 6 aromatic heterocycles. The molecular weight excluding hydrogens is 461 g/mol. The molecule has 0 aromatic carbocycles. The van der Waals surface area contributed by atoms with Crippen molar-refractivity contribution in [3.05, 3.63) is 67.3 Å². The van der Waals surface area contributed by atoms with E-state index in [1.54, 1.807) is 31.6 Å². The molecule has 36 heavy (non-hydrogen) atoms. The van der Waals surface area contributed by atoms with Crippen molar-refractivity contribution in [2.75, 3.05) is 5.32 Å². The number of carbonyl (C=O) groups is 1. The van der Waals surface area contributed by atoms with Crippen molar-refractivity contribution in [1.82, 2.24) is 40.1 Å². The minimum Gasteiger partial charge on any atom is -0.325 e. The number of aromatic nitrogens is 8. The highest BCUT2D eigenvalue weighted by Gasteiger charge is 2.21. The monoisotopic (exact) mass is 479 g/mol. The minimum atomic E-state index is -0.537. The van der Waals surface area contributed by atoms with E-state index < -0.39 is 5.82 Å². The lowest BCUT2D eigenvalue weighted by Crippen LogP contribution is -2.09.